The molecule has 1 fully saturated rings. The number of pyridine rings is 1. The van der Waals surface area contributed by atoms with Crippen LogP contribution in [0.15, 0.2) is 65.7 Å². The number of hydrogen-bond donors (Lipinski definition) is 2. The van der Waals surface area contributed by atoms with Crippen LogP contribution >= 0.6 is 30.3 Å². The van der Waals surface area contributed by atoms with Gasteiger partial charge in [0.2, 0.25) is 0 Å². The standard InChI is InChI=1S/C26H26IN3O4S/c1-26(2,32)16-4-9-23(34-18-7-5-17(6-8-18)33-19-13-28-14-19)21(12-16)22-15-29(3)25(31)24-20(22)10-11-30(24)35-27/h4-12,15,19,28,32H,13-14H2,1-3H3. The summed E-state index contributed by atoms with van der Waals surface area (Å²) in [7, 11) is 3.19. The first-order chi connectivity index (χ1) is 16.7. The number of aliphatic hydroxyl groups is 1. The van der Waals surface area contributed by atoms with Crippen molar-refractivity contribution in [1.82, 2.24) is 13.9 Å². The second-order valence-corrected chi connectivity index (χ2v) is 10.9. The Hall–Kier alpha value is -2.47. The van der Waals surface area contributed by atoms with E-state index in [9.17, 15) is 9.90 Å². The van der Waals surface area contributed by atoms with E-state index in [1.165, 1.54) is 9.12 Å². The fourth-order valence-corrected chi connectivity index (χ4v) is 5.40. The van der Waals surface area contributed by atoms with Crippen molar-refractivity contribution in [2.24, 2.45) is 7.05 Å². The van der Waals surface area contributed by atoms with Crippen LogP contribution in [0.4, 0.5) is 0 Å². The van der Waals surface area contributed by atoms with Gasteiger partial charge >= 0.3 is 0 Å². The van der Waals surface area contributed by atoms with Gasteiger partial charge in [-0.15, -0.1) is 0 Å². The normalized spacial score (nSPS) is 14.2. The number of halogens is 1. The number of rotatable bonds is 7. The molecule has 5 rings (SSSR count). The largest absolute Gasteiger partial charge is 0.488 e. The third-order valence-electron chi connectivity index (χ3n) is 6.14. The lowest BCUT2D eigenvalue weighted by Gasteiger charge is -2.27. The van der Waals surface area contributed by atoms with Crippen LogP contribution in [0.25, 0.3) is 22.0 Å². The van der Waals surface area contributed by atoms with Gasteiger partial charge in [-0.3, -0.25) is 8.77 Å². The molecule has 0 unspecified atom stereocenters. The van der Waals surface area contributed by atoms with Gasteiger partial charge < -0.3 is 24.5 Å². The molecule has 35 heavy (non-hydrogen) atoms. The molecule has 0 bridgehead atoms. The fourth-order valence-electron chi connectivity index (χ4n) is 4.06. The maximum atomic E-state index is 12.9. The highest BCUT2D eigenvalue weighted by atomic mass is 127. The average Bonchev–Trinajstić information content (AvgIpc) is 3.24. The van der Waals surface area contributed by atoms with Crippen molar-refractivity contribution in [1.29, 1.82) is 0 Å². The predicted octanol–water partition coefficient (Wildman–Crippen LogP) is 5.22. The van der Waals surface area contributed by atoms with Crippen LogP contribution in [0, 0.1) is 0 Å². The number of ether oxygens (including phenoxy) is 2. The number of nitrogens with zero attached hydrogens (tertiary/aromatic N) is 2. The Kier molecular flexibility index (Phi) is 6.60. The monoisotopic (exact) mass is 603 g/mol. The lowest BCUT2D eigenvalue weighted by Crippen LogP contribution is -2.50. The number of aromatic nitrogens is 2. The summed E-state index contributed by atoms with van der Waals surface area (Å²) in [6.45, 7) is 5.23. The maximum Gasteiger partial charge on any atom is 0.275 e. The molecule has 1 aliphatic heterocycles. The highest BCUT2D eigenvalue weighted by Crippen LogP contribution is 2.40. The number of aryl methyl sites for hydroxylation is 1. The summed E-state index contributed by atoms with van der Waals surface area (Å²) >= 11 is 2.17. The average molecular weight is 603 g/mol. The van der Waals surface area contributed by atoms with Gasteiger partial charge in [0, 0.05) is 79.4 Å². The molecule has 2 N–H and O–H groups in total. The van der Waals surface area contributed by atoms with E-state index in [-0.39, 0.29) is 11.7 Å². The van der Waals surface area contributed by atoms with E-state index in [1.807, 2.05) is 64.9 Å². The maximum absolute atomic E-state index is 12.9. The van der Waals surface area contributed by atoms with Crippen LogP contribution in [0.1, 0.15) is 19.4 Å². The Labute approximate surface area is 219 Å². The summed E-state index contributed by atoms with van der Waals surface area (Å²) in [5.41, 5.74) is 1.90. The smallest absolute Gasteiger partial charge is 0.275 e. The summed E-state index contributed by atoms with van der Waals surface area (Å²) in [5, 5.41) is 14.7. The van der Waals surface area contributed by atoms with Crippen molar-refractivity contribution in [2.45, 2.75) is 25.6 Å². The second-order valence-electron chi connectivity index (χ2n) is 9.17. The summed E-state index contributed by atoms with van der Waals surface area (Å²) < 4.78 is 15.7. The molecule has 182 valence electrons. The molecule has 0 spiro atoms. The molecule has 2 aromatic heterocycles. The van der Waals surface area contributed by atoms with E-state index in [2.05, 4.69) is 26.5 Å². The van der Waals surface area contributed by atoms with E-state index < -0.39 is 5.60 Å². The molecule has 0 atom stereocenters. The van der Waals surface area contributed by atoms with Crippen molar-refractivity contribution in [3.8, 4) is 28.4 Å². The molecular formula is C26H26IN3O4S. The highest BCUT2D eigenvalue weighted by molar-refractivity contribution is 14.2. The molecule has 0 aliphatic carbocycles. The summed E-state index contributed by atoms with van der Waals surface area (Å²) in [5.74, 6) is 2.10. The summed E-state index contributed by atoms with van der Waals surface area (Å²) in [6, 6.07) is 15.2. The Balaban J connectivity index is 1.60. The van der Waals surface area contributed by atoms with E-state index in [0.717, 1.165) is 40.9 Å². The summed E-state index contributed by atoms with van der Waals surface area (Å²) in [6.07, 6.45) is 3.93. The van der Waals surface area contributed by atoms with Crippen LogP contribution in [0.2, 0.25) is 0 Å². The molecule has 1 saturated heterocycles. The lowest BCUT2D eigenvalue weighted by molar-refractivity contribution is 0.0786. The predicted molar refractivity (Wildman–Crippen MR) is 149 cm³/mol. The van der Waals surface area contributed by atoms with Gasteiger partial charge in [-0.05, 0) is 61.9 Å². The number of nitrogens with one attached hydrogen (secondary N) is 1. The zero-order valence-corrected chi connectivity index (χ0v) is 22.6. The van der Waals surface area contributed by atoms with Gasteiger partial charge in [0.05, 0.1) is 5.60 Å². The SMILES string of the molecule is Cn1cc(-c2cc(C(C)(C)O)ccc2Oc2ccc(OC3CNC3)cc2)c2ccn(SI)c2c1=O. The van der Waals surface area contributed by atoms with E-state index >= 15 is 0 Å². The zero-order valence-electron chi connectivity index (χ0n) is 19.6. The van der Waals surface area contributed by atoms with Crippen molar-refractivity contribution in [2.75, 3.05) is 13.1 Å². The third-order valence-corrected chi connectivity index (χ3v) is 7.86. The molecule has 7 nitrogen and oxygen atoms in total. The van der Waals surface area contributed by atoms with Crippen molar-refractivity contribution in [3.05, 3.63) is 76.8 Å². The van der Waals surface area contributed by atoms with Gasteiger partial charge in [0.15, 0.2) is 0 Å². The molecule has 3 heterocycles. The van der Waals surface area contributed by atoms with Crippen LogP contribution in [-0.4, -0.2) is 32.8 Å². The van der Waals surface area contributed by atoms with Crippen molar-refractivity contribution in [3.63, 3.8) is 0 Å². The minimum absolute atomic E-state index is 0.0729. The van der Waals surface area contributed by atoms with Crippen LogP contribution in [-0.2, 0) is 12.6 Å². The molecular weight excluding hydrogens is 577 g/mol. The van der Waals surface area contributed by atoms with Gasteiger partial charge in [-0.25, -0.2) is 0 Å². The number of benzene rings is 2. The zero-order chi connectivity index (χ0) is 24.7. The fraction of sp³-hybridized carbons (Fsp3) is 0.269. The first-order valence-corrected chi connectivity index (χ1v) is 14.6. The lowest BCUT2D eigenvalue weighted by atomic mass is 9.93. The molecule has 4 aromatic rings. The molecule has 0 radical (unpaired) electrons. The van der Waals surface area contributed by atoms with Crippen LogP contribution in [0.3, 0.4) is 0 Å². The van der Waals surface area contributed by atoms with E-state index in [0.29, 0.717) is 17.0 Å². The number of fused-ring (bicyclic) bond motifs is 1. The molecule has 0 amide bonds. The van der Waals surface area contributed by atoms with Crippen LogP contribution < -0.4 is 20.3 Å². The van der Waals surface area contributed by atoms with Crippen molar-refractivity contribution >= 4 is 41.2 Å². The van der Waals surface area contributed by atoms with Gasteiger partial charge in [0.25, 0.3) is 5.56 Å². The van der Waals surface area contributed by atoms with Gasteiger partial charge in [0.1, 0.15) is 28.9 Å². The third kappa shape index (κ3) is 4.82. The molecule has 9 heteroatoms. The number of hydrogen-bond acceptors (Lipinski definition) is 6. The van der Waals surface area contributed by atoms with E-state index in [4.69, 9.17) is 9.47 Å². The van der Waals surface area contributed by atoms with Gasteiger partial charge in [-0.2, -0.15) is 0 Å². The quantitative estimate of drug-likeness (QED) is 0.282. The Morgan fingerprint density at radius 2 is 1.80 bits per heavy atom. The Bertz CT molecular complexity index is 1440. The Morgan fingerprint density at radius 1 is 1.09 bits per heavy atom. The molecule has 0 saturated carbocycles. The second kappa shape index (κ2) is 9.53. The minimum atomic E-state index is -1.04. The summed E-state index contributed by atoms with van der Waals surface area (Å²) in [4.78, 5) is 12.9. The topological polar surface area (TPSA) is 77.7 Å². The molecule has 1 aliphatic rings. The van der Waals surface area contributed by atoms with Crippen LogP contribution in [0.5, 0.6) is 17.2 Å². The van der Waals surface area contributed by atoms with Crippen molar-refractivity contribution < 1.29 is 14.6 Å². The van der Waals surface area contributed by atoms with Gasteiger partial charge in [-0.1, -0.05) is 6.07 Å². The Morgan fingerprint density at radius 3 is 2.43 bits per heavy atom. The van der Waals surface area contributed by atoms with E-state index in [1.54, 1.807) is 25.5 Å². The minimum Gasteiger partial charge on any atom is -0.488 e. The first-order valence-electron chi connectivity index (χ1n) is 11.3. The molecule has 2 aromatic carbocycles. The first kappa shape index (κ1) is 24.2. The highest BCUT2D eigenvalue weighted by Gasteiger charge is 2.22.